The topological polar surface area (TPSA) is 79.5 Å². The number of aromatic hydroxyl groups is 1. The first-order chi connectivity index (χ1) is 14.3. The van der Waals surface area contributed by atoms with Gasteiger partial charge in [0.2, 0.25) is 0 Å². The highest BCUT2D eigenvalue weighted by Crippen LogP contribution is 2.41. The molecule has 0 unspecified atom stereocenters. The van der Waals surface area contributed by atoms with Gasteiger partial charge in [-0.05, 0) is 62.4 Å². The van der Waals surface area contributed by atoms with Crippen LogP contribution in [0.5, 0.6) is 11.5 Å². The number of carbonyl (C=O) groups is 1. The van der Waals surface area contributed by atoms with Crippen LogP contribution in [0.25, 0.3) is 11.1 Å². The normalized spacial score (nSPS) is 10.5. The molecule has 0 aliphatic rings. The number of aryl methyl sites for hydroxylation is 3. The van der Waals surface area contributed by atoms with Crippen LogP contribution < -0.4 is 4.74 Å². The number of hydrogen-bond acceptors (Lipinski definition) is 5. The molecule has 6 heteroatoms. The molecule has 0 fully saturated rings. The number of carbonyl (C=O) groups excluding carboxylic acids is 1. The van der Waals surface area contributed by atoms with E-state index in [-0.39, 0.29) is 29.0 Å². The third-order valence-electron chi connectivity index (χ3n) is 4.88. The highest BCUT2D eigenvalue weighted by Gasteiger charge is 2.24. The molecule has 160 valence electrons. The van der Waals surface area contributed by atoms with E-state index in [9.17, 15) is 15.2 Å². The quantitative estimate of drug-likeness (QED) is 0.310. The Kier molecular flexibility index (Phi) is 8.23. The van der Waals surface area contributed by atoms with Gasteiger partial charge in [0.05, 0.1) is 18.2 Å². The molecule has 5 nitrogen and oxygen atoms in total. The fourth-order valence-corrected chi connectivity index (χ4v) is 3.48. The Bertz CT molecular complexity index is 963. The second kappa shape index (κ2) is 10.6. The molecule has 0 bridgehead atoms. The van der Waals surface area contributed by atoms with Crippen molar-refractivity contribution < 1.29 is 23.8 Å². The highest BCUT2D eigenvalue weighted by atomic mass is 19.1. The van der Waals surface area contributed by atoms with Crippen LogP contribution in [0.4, 0.5) is 9.18 Å². The van der Waals surface area contributed by atoms with Gasteiger partial charge in [-0.1, -0.05) is 32.3 Å². The summed E-state index contributed by atoms with van der Waals surface area (Å²) in [6.07, 6.45) is 3.46. The van der Waals surface area contributed by atoms with Gasteiger partial charge >= 0.3 is 6.16 Å². The summed E-state index contributed by atoms with van der Waals surface area (Å²) >= 11 is 0. The van der Waals surface area contributed by atoms with E-state index >= 15 is 4.39 Å². The summed E-state index contributed by atoms with van der Waals surface area (Å²) in [5, 5.41) is 20.2. The van der Waals surface area contributed by atoms with Crippen LogP contribution in [0, 0.1) is 31.0 Å². The maximum atomic E-state index is 15.3. The summed E-state index contributed by atoms with van der Waals surface area (Å²) in [5.41, 5.74) is 2.01. The van der Waals surface area contributed by atoms with E-state index in [2.05, 4.69) is 6.92 Å². The van der Waals surface area contributed by atoms with Crippen molar-refractivity contribution in [2.45, 2.75) is 59.8 Å². The number of ether oxygens (including phenoxy) is 2. The van der Waals surface area contributed by atoms with Gasteiger partial charge in [-0.2, -0.15) is 5.26 Å². The molecule has 0 aliphatic heterocycles. The number of benzene rings is 2. The minimum absolute atomic E-state index is 0.0782. The summed E-state index contributed by atoms with van der Waals surface area (Å²) < 4.78 is 25.5. The summed E-state index contributed by atoms with van der Waals surface area (Å²) in [7, 11) is 0. The molecule has 0 radical (unpaired) electrons. The molecule has 0 atom stereocenters. The Hall–Kier alpha value is -3.07. The Morgan fingerprint density at radius 1 is 1.17 bits per heavy atom. The van der Waals surface area contributed by atoms with Gasteiger partial charge in [0.15, 0.2) is 11.6 Å². The number of phenols is 1. The Balaban J connectivity index is 2.59. The molecule has 0 saturated carbocycles. The molecule has 0 spiro atoms. The summed E-state index contributed by atoms with van der Waals surface area (Å²) in [4.78, 5) is 11.9. The SMILES string of the molecule is CCCCCCc1cc(C#N)c(-c2cc(C)cc(C)c2OC(=O)OCC)c(F)c1O. The molecule has 2 aromatic rings. The van der Waals surface area contributed by atoms with Crippen LogP contribution in [-0.2, 0) is 11.2 Å². The monoisotopic (exact) mass is 413 g/mol. The molecule has 1 N–H and O–H groups in total. The maximum Gasteiger partial charge on any atom is 0.513 e. The number of nitriles is 1. The summed E-state index contributed by atoms with van der Waals surface area (Å²) in [5.74, 6) is -1.26. The Morgan fingerprint density at radius 3 is 2.53 bits per heavy atom. The zero-order chi connectivity index (χ0) is 22.3. The average molecular weight is 413 g/mol. The molecule has 2 rings (SSSR count). The minimum atomic E-state index is -0.915. The molecule has 0 aromatic heterocycles. The van der Waals surface area contributed by atoms with Crippen molar-refractivity contribution in [3.63, 3.8) is 0 Å². The van der Waals surface area contributed by atoms with Crippen molar-refractivity contribution in [1.82, 2.24) is 0 Å². The van der Waals surface area contributed by atoms with Crippen LogP contribution >= 0.6 is 0 Å². The van der Waals surface area contributed by atoms with Gasteiger partial charge in [0, 0.05) is 11.1 Å². The molecule has 0 saturated heterocycles. The van der Waals surface area contributed by atoms with Crippen LogP contribution in [0.1, 0.15) is 61.8 Å². The van der Waals surface area contributed by atoms with Gasteiger partial charge in [-0.15, -0.1) is 0 Å². The molecule has 0 heterocycles. The minimum Gasteiger partial charge on any atom is -0.505 e. The van der Waals surface area contributed by atoms with Crippen LogP contribution in [0.2, 0.25) is 0 Å². The fourth-order valence-electron chi connectivity index (χ4n) is 3.48. The lowest BCUT2D eigenvalue weighted by atomic mass is 9.92. The van der Waals surface area contributed by atoms with E-state index in [1.54, 1.807) is 26.0 Å². The smallest absolute Gasteiger partial charge is 0.505 e. The zero-order valence-corrected chi connectivity index (χ0v) is 18.0. The van der Waals surface area contributed by atoms with Crippen LogP contribution in [-0.4, -0.2) is 17.9 Å². The predicted octanol–water partition coefficient (Wildman–Crippen LogP) is 6.34. The maximum absolute atomic E-state index is 15.3. The molecule has 0 aliphatic carbocycles. The van der Waals surface area contributed by atoms with Crippen molar-refractivity contribution in [3.8, 4) is 28.7 Å². The van der Waals surface area contributed by atoms with Crippen molar-refractivity contribution in [1.29, 1.82) is 5.26 Å². The van der Waals surface area contributed by atoms with E-state index in [0.717, 1.165) is 31.2 Å². The number of hydrogen-bond donors (Lipinski definition) is 1. The van der Waals surface area contributed by atoms with Crippen molar-refractivity contribution in [3.05, 3.63) is 46.3 Å². The Labute approximate surface area is 177 Å². The van der Waals surface area contributed by atoms with Crippen LogP contribution in [0.15, 0.2) is 18.2 Å². The summed E-state index contributed by atoms with van der Waals surface area (Å²) in [6.45, 7) is 7.41. The molecule has 30 heavy (non-hydrogen) atoms. The second-order valence-electron chi connectivity index (χ2n) is 7.29. The number of nitrogens with zero attached hydrogens (tertiary/aromatic N) is 1. The number of rotatable bonds is 8. The van der Waals surface area contributed by atoms with Gasteiger partial charge in [-0.25, -0.2) is 9.18 Å². The first-order valence-corrected chi connectivity index (χ1v) is 10.2. The van der Waals surface area contributed by atoms with E-state index in [1.807, 2.05) is 13.0 Å². The van der Waals surface area contributed by atoms with Gasteiger partial charge in [-0.3, -0.25) is 0 Å². The van der Waals surface area contributed by atoms with Crippen molar-refractivity contribution in [2.75, 3.05) is 6.61 Å². The predicted molar refractivity (Wildman–Crippen MR) is 113 cm³/mol. The Morgan fingerprint density at radius 2 is 1.90 bits per heavy atom. The first kappa shape index (κ1) is 23.2. The summed E-state index contributed by atoms with van der Waals surface area (Å²) in [6, 6.07) is 6.95. The molecular weight excluding hydrogens is 385 g/mol. The lowest BCUT2D eigenvalue weighted by Crippen LogP contribution is -2.12. The van der Waals surface area contributed by atoms with Gasteiger partial charge in [0.1, 0.15) is 5.75 Å². The van der Waals surface area contributed by atoms with Crippen molar-refractivity contribution in [2.24, 2.45) is 0 Å². The van der Waals surface area contributed by atoms with E-state index in [4.69, 9.17) is 9.47 Å². The molecule has 2 aromatic carbocycles. The lowest BCUT2D eigenvalue weighted by Gasteiger charge is -2.17. The second-order valence-corrected chi connectivity index (χ2v) is 7.29. The van der Waals surface area contributed by atoms with E-state index in [0.29, 0.717) is 17.5 Å². The average Bonchev–Trinajstić information content (AvgIpc) is 2.70. The molecular formula is C24H28FNO4. The lowest BCUT2D eigenvalue weighted by molar-refractivity contribution is 0.104. The fraction of sp³-hybridized carbons (Fsp3) is 0.417. The standard InChI is InChI=1S/C24H28FNO4/c1-5-7-8-9-10-17-13-18(14-26)20(21(25)22(17)27)19-12-15(3)11-16(4)23(19)30-24(28)29-6-2/h11-13,27H,5-10H2,1-4H3. The van der Waals surface area contributed by atoms with E-state index < -0.39 is 17.7 Å². The number of unbranched alkanes of at least 4 members (excludes halogenated alkanes) is 3. The third kappa shape index (κ3) is 5.29. The van der Waals surface area contributed by atoms with E-state index in [1.165, 1.54) is 6.07 Å². The number of halogens is 1. The highest BCUT2D eigenvalue weighted by molar-refractivity contribution is 5.82. The first-order valence-electron chi connectivity index (χ1n) is 10.2. The van der Waals surface area contributed by atoms with Crippen molar-refractivity contribution >= 4 is 6.16 Å². The number of phenolic OH excluding ortho intramolecular Hbond substituents is 1. The van der Waals surface area contributed by atoms with Gasteiger partial charge < -0.3 is 14.6 Å². The largest absolute Gasteiger partial charge is 0.513 e. The third-order valence-corrected chi connectivity index (χ3v) is 4.88. The zero-order valence-electron chi connectivity index (χ0n) is 18.0. The van der Waals surface area contributed by atoms with Crippen LogP contribution in [0.3, 0.4) is 0 Å². The molecule has 0 amide bonds. The van der Waals surface area contributed by atoms with Gasteiger partial charge in [0.25, 0.3) is 0 Å².